The molecular weight excluding hydrogens is 530 g/mol. The molecule has 0 saturated carbocycles. The van der Waals surface area contributed by atoms with Crippen molar-refractivity contribution in [2.24, 2.45) is 5.10 Å². The molecule has 9 heteroatoms. The highest BCUT2D eigenvalue weighted by atomic mass is 79.9. The number of carbonyl (C=O) groups is 2. The number of benzene rings is 2. The van der Waals surface area contributed by atoms with Crippen LogP contribution in [0.4, 0.5) is 0 Å². The van der Waals surface area contributed by atoms with E-state index >= 15 is 0 Å². The lowest BCUT2D eigenvalue weighted by Gasteiger charge is -2.10. The number of hydrazone groups is 1. The molecular formula is C22H19Br2N3O4. The number of aromatic nitrogens is 1. The van der Waals surface area contributed by atoms with Crippen molar-refractivity contribution in [3.8, 4) is 11.4 Å². The molecule has 2 aromatic carbocycles. The van der Waals surface area contributed by atoms with Gasteiger partial charge in [0, 0.05) is 27.1 Å². The molecule has 0 aliphatic rings. The summed E-state index contributed by atoms with van der Waals surface area (Å²) in [5.41, 5.74) is 6.57. The Balaban J connectivity index is 1.80. The number of phenolic OH excluding ortho intramolecular Hbond substituents is 1. The quantitative estimate of drug-likeness (QED) is 0.270. The third kappa shape index (κ3) is 4.88. The fraction of sp³-hybridized carbons (Fsp3) is 0.136. The van der Waals surface area contributed by atoms with Crippen molar-refractivity contribution < 1.29 is 19.4 Å². The molecule has 2 N–H and O–H groups in total. The minimum Gasteiger partial charge on any atom is -0.506 e. The first-order valence-corrected chi connectivity index (χ1v) is 10.7. The van der Waals surface area contributed by atoms with E-state index in [2.05, 4.69) is 42.4 Å². The molecule has 1 heterocycles. The predicted molar refractivity (Wildman–Crippen MR) is 125 cm³/mol. The average molecular weight is 549 g/mol. The van der Waals surface area contributed by atoms with E-state index in [4.69, 9.17) is 4.74 Å². The van der Waals surface area contributed by atoms with Crippen LogP contribution in [0.2, 0.25) is 0 Å². The van der Waals surface area contributed by atoms with E-state index in [-0.39, 0.29) is 17.3 Å². The molecule has 3 aromatic rings. The lowest BCUT2D eigenvalue weighted by molar-refractivity contribution is 0.0600. The lowest BCUT2D eigenvalue weighted by atomic mass is 10.2. The Morgan fingerprint density at radius 1 is 1.13 bits per heavy atom. The van der Waals surface area contributed by atoms with Crippen molar-refractivity contribution in [2.75, 3.05) is 7.11 Å². The molecule has 7 nitrogen and oxygen atoms in total. The molecule has 0 radical (unpaired) electrons. The topological polar surface area (TPSA) is 92.9 Å². The summed E-state index contributed by atoms with van der Waals surface area (Å²) >= 11 is 6.49. The van der Waals surface area contributed by atoms with Gasteiger partial charge in [-0.05, 0) is 72.2 Å². The van der Waals surface area contributed by atoms with Crippen molar-refractivity contribution in [1.29, 1.82) is 0 Å². The van der Waals surface area contributed by atoms with Gasteiger partial charge in [0.25, 0.3) is 5.91 Å². The van der Waals surface area contributed by atoms with Crippen LogP contribution >= 0.6 is 31.9 Å². The summed E-state index contributed by atoms with van der Waals surface area (Å²) in [6, 6.07) is 12.2. The first kappa shape index (κ1) is 22.8. The van der Waals surface area contributed by atoms with Crippen LogP contribution < -0.4 is 5.43 Å². The highest BCUT2D eigenvalue weighted by Crippen LogP contribution is 2.31. The van der Waals surface area contributed by atoms with E-state index in [1.165, 1.54) is 13.2 Å². The van der Waals surface area contributed by atoms with Crippen LogP contribution in [-0.2, 0) is 4.74 Å². The zero-order valence-electron chi connectivity index (χ0n) is 16.9. The number of hydrogen-bond donors (Lipinski definition) is 2. The van der Waals surface area contributed by atoms with Crippen molar-refractivity contribution in [3.05, 3.63) is 79.5 Å². The number of carbonyl (C=O) groups excluding carboxylic acids is 2. The third-order valence-corrected chi connectivity index (χ3v) is 5.72. The third-order valence-electron chi connectivity index (χ3n) is 4.66. The van der Waals surface area contributed by atoms with Gasteiger partial charge < -0.3 is 14.4 Å². The van der Waals surface area contributed by atoms with Gasteiger partial charge in [0.2, 0.25) is 0 Å². The normalized spacial score (nSPS) is 11.0. The van der Waals surface area contributed by atoms with Gasteiger partial charge in [-0.25, -0.2) is 10.2 Å². The number of halogens is 2. The number of nitrogens with one attached hydrogen (secondary N) is 1. The maximum atomic E-state index is 12.4. The zero-order chi connectivity index (χ0) is 22.7. The maximum absolute atomic E-state index is 12.4. The van der Waals surface area contributed by atoms with E-state index in [9.17, 15) is 14.7 Å². The summed E-state index contributed by atoms with van der Waals surface area (Å²) in [7, 11) is 1.34. The number of nitrogens with zero attached hydrogens (tertiary/aromatic N) is 2. The Labute approximate surface area is 196 Å². The number of methoxy groups -OCH3 is 1. The van der Waals surface area contributed by atoms with Crippen LogP contribution in [0.5, 0.6) is 5.75 Å². The summed E-state index contributed by atoms with van der Waals surface area (Å²) in [4.78, 5) is 24.0. The van der Waals surface area contributed by atoms with Crippen LogP contribution in [-0.4, -0.2) is 34.9 Å². The molecule has 160 valence electrons. The molecule has 3 rings (SSSR count). The fourth-order valence-corrected chi connectivity index (χ4v) is 4.37. The number of hydrogen-bond acceptors (Lipinski definition) is 5. The van der Waals surface area contributed by atoms with Crippen LogP contribution in [0.25, 0.3) is 5.69 Å². The highest BCUT2D eigenvalue weighted by Gasteiger charge is 2.15. The SMILES string of the molecule is COC(=O)c1ccc(-n2c(C)cc(/C=N\NC(=O)c3cc(Br)cc(Br)c3O)c2C)cc1. The van der Waals surface area contributed by atoms with Gasteiger partial charge in [-0.15, -0.1) is 0 Å². The molecule has 1 amide bonds. The largest absolute Gasteiger partial charge is 0.506 e. The molecule has 0 spiro atoms. The molecule has 0 saturated heterocycles. The first-order valence-electron chi connectivity index (χ1n) is 9.12. The van der Waals surface area contributed by atoms with E-state index in [0.29, 0.717) is 14.5 Å². The van der Waals surface area contributed by atoms with E-state index in [0.717, 1.165) is 22.6 Å². The average Bonchev–Trinajstić information content (AvgIpc) is 3.03. The minimum atomic E-state index is -0.539. The first-order chi connectivity index (χ1) is 14.7. The standard InChI is InChI=1S/C22H19Br2N3O4/c1-12-8-15(11-25-26-21(29)18-9-16(23)10-19(24)20(18)28)13(2)27(12)17-6-4-14(5-7-17)22(30)31-3/h4-11,28H,1-3H3,(H,26,29)/b25-11-. The van der Waals surface area contributed by atoms with E-state index in [1.54, 1.807) is 24.4 Å². The molecule has 0 unspecified atom stereocenters. The van der Waals surface area contributed by atoms with Gasteiger partial charge in [0.05, 0.1) is 28.9 Å². The molecule has 0 fully saturated rings. The predicted octanol–water partition coefficient (Wildman–Crippen LogP) is 4.88. The summed E-state index contributed by atoms with van der Waals surface area (Å²) in [5.74, 6) is -1.09. The number of amides is 1. The smallest absolute Gasteiger partial charge is 0.337 e. The number of ether oxygens (including phenoxy) is 1. The molecule has 0 aliphatic carbocycles. The summed E-state index contributed by atoms with van der Waals surface area (Å²) < 4.78 is 7.79. The Hall–Kier alpha value is -2.91. The lowest BCUT2D eigenvalue weighted by Crippen LogP contribution is -2.18. The van der Waals surface area contributed by atoms with Crippen molar-refractivity contribution in [3.63, 3.8) is 0 Å². The Kier molecular flexibility index (Phi) is 6.97. The number of aromatic hydroxyl groups is 1. The van der Waals surface area contributed by atoms with Gasteiger partial charge in [-0.3, -0.25) is 4.79 Å². The summed E-state index contributed by atoms with van der Waals surface area (Å²) in [6.07, 6.45) is 1.55. The maximum Gasteiger partial charge on any atom is 0.337 e. The van der Waals surface area contributed by atoms with Crippen LogP contribution in [0.1, 0.15) is 37.7 Å². The number of phenols is 1. The van der Waals surface area contributed by atoms with Crippen molar-refractivity contribution in [1.82, 2.24) is 9.99 Å². The second-order valence-corrected chi connectivity index (χ2v) is 8.45. The van der Waals surface area contributed by atoms with Crippen LogP contribution in [0.3, 0.4) is 0 Å². The molecule has 1 aromatic heterocycles. The second kappa shape index (κ2) is 9.49. The number of aryl methyl sites for hydroxylation is 1. The van der Waals surface area contributed by atoms with E-state index in [1.807, 2.05) is 36.6 Å². The van der Waals surface area contributed by atoms with Crippen molar-refractivity contribution >= 4 is 50.0 Å². The molecule has 0 atom stereocenters. The molecule has 0 aliphatic heterocycles. The van der Waals surface area contributed by atoms with Crippen LogP contribution in [0.15, 0.2) is 56.5 Å². The van der Waals surface area contributed by atoms with Gasteiger partial charge in [0.1, 0.15) is 5.75 Å². The van der Waals surface area contributed by atoms with Crippen LogP contribution in [0, 0.1) is 13.8 Å². The fourth-order valence-electron chi connectivity index (χ4n) is 3.14. The number of esters is 1. The Bertz CT molecular complexity index is 1180. The van der Waals surface area contributed by atoms with Crippen molar-refractivity contribution in [2.45, 2.75) is 13.8 Å². The number of rotatable bonds is 5. The van der Waals surface area contributed by atoms with Gasteiger partial charge >= 0.3 is 5.97 Å². The molecule has 0 bridgehead atoms. The second-order valence-electron chi connectivity index (χ2n) is 6.68. The Morgan fingerprint density at radius 2 is 1.81 bits per heavy atom. The van der Waals surface area contributed by atoms with E-state index < -0.39 is 5.91 Å². The van der Waals surface area contributed by atoms with Gasteiger partial charge in [-0.1, -0.05) is 15.9 Å². The van der Waals surface area contributed by atoms with Gasteiger partial charge in [-0.2, -0.15) is 5.10 Å². The minimum absolute atomic E-state index is 0.0922. The monoisotopic (exact) mass is 547 g/mol. The summed E-state index contributed by atoms with van der Waals surface area (Å²) in [6.45, 7) is 3.88. The highest BCUT2D eigenvalue weighted by molar-refractivity contribution is 9.11. The van der Waals surface area contributed by atoms with Gasteiger partial charge in [0.15, 0.2) is 0 Å². The zero-order valence-corrected chi connectivity index (χ0v) is 20.1. The Morgan fingerprint density at radius 3 is 2.45 bits per heavy atom. The summed E-state index contributed by atoms with van der Waals surface area (Å²) in [5, 5.41) is 14.1. The molecule has 31 heavy (non-hydrogen) atoms.